The third-order valence-corrected chi connectivity index (χ3v) is 0. The Hall–Kier alpha value is 1.05. The Morgan fingerprint density at radius 1 is 1.25 bits per heavy atom. The summed E-state index contributed by atoms with van der Waals surface area (Å²) in [6, 6.07) is 0. The summed E-state index contributed by atoms with van der Waals surface area (Å²) in [6.07, 6.45) is 0. The molecular weight excluding hydrogens is 291 g/mol. The molecule has 0 unspecified atom stereocenters. The molecule has 0 aliphatic carbocycles. The van der Waals surface area contributed by atoms with Crippen molar-refractivity contribution in [2.45, 2.75) is 0 Å². The maximum absolute atomic E-state index is 8.39. The van der Waals surface area contributed by atoms with Crippen molar-refractivity contribution >= 4 is 25.8 Å². The van der Waals surface area contributed by atoms with Gasteiger partial charge in [-0.25, -0.2) is 0 Å². The van der Waals surface area contributed by atoms with Gasteiger partial charge in [0.15, 0.2) is 0 Å². The molecule has 0 saturated carbocycles. The van der Waals surface area contributed by atoms with Crippen molar-refractivity contribution in [2.24, 2.45) is 0 Å². The Balaban J connectivity index is 0. The van der Waals surface area contributed by atoms with Gasteiger partial charge in [-0.05, 0) is 0 Å². The number of rotatable bonds is 0. The van der Waals surface area contributed by atoms with Crippen LogP contribution in [0.2, 0.25) is 0 Å². The van der Waals surface area contributed by atoms with E-state index in [1.165, 1.54) is 16.2 Å². The molecule has 4 heavy (non-hydrogen) atoms. The molecule has 0 aromatic carbocycles. The minimum absolute atomic E-state index is 0.0556. The first-order valence-electron chi connectivity index (χ1n) is 0.371. The first-order valence-corrected chi connectivity index (χ1v) is 2.48. The molecule has 22 valence electrons. The van der Waals surface area contributed by atoms with Crippen LogP contribution in [0, 0.1) is 0 Å². The first-order chi connectivity index (χ1) is 2.00. The molecule has 0 aliphatic heterocycles. The van der Waals surface area contributed by atoms with Crippen LogP contribution < -0.4 is 0 Å². The van der Waals surface area contributed by atoms with Crippen molar-refractivity contribution < 1.29 is 22.7 Å². The minimum atomic E-state index is 0.0556. The van der Waals surface area contributed by atoms with Crippen molar-refractivity contribution in [1.29, 1.82) is 0 Å². The third kappa shape index (κ3) is 11.6. The Morgan fingerprint density at radius 2 is 1.25 bits per heavy atom. The van der Waals surface area contributed by atoms with Gasteiger partial charge in [0.05, 0.1) is 0 Å². The van der Waals surface area contributed by atoms with Gasteiger partial charge in [-0.3, -0.25) is 0 Å². The Labute approximate surface area is 48.4 Å². The van der Waals surface area contributed by atoms with E-state index in [4.69, 9.17) is 6.49 Å². The van der Waals surface area contributed by atoms with Crippen molar-refractivity contribution in [1.82, 2.24) is 0 Å². The van der Waals surface area contributed by atoms with E-state index in [1.54, 1.807) is 0 Å². The maximum atomic E-state index is 8.39. The van der Waals surface area contributed by atoms with Crippen LogP contribution in [0.3, 0.4) is 0 Å². The monoisotopic (exact) mass is 292 g/mol. The summed E-state index contributed by atoms with van der Waals surface area (Å²) in [5.41, 5.74) is 0. The summed E-state index contributed by atoms with van der Waals surface area (Å²) < 4.78 is 16.5. The average molecular weight is 291 g/mol. The summed E-state index contributed by atoms with van der Waals surface area (Å²) in [5, 5.41) is 0. The predicted molar refractivity (Wildman–Crippen MR) is 7.13 cm³/mol. The molecular formula is CrO2Pb. The van der Waals surface area contributed by atoms with Gasteiger partial charge in [-0.1, -0.05) is 0 Å². The van der Waals surface area contributed by atoms with E-state index in [0.717, 1.165) is 0 Å². The molecule has 0 fully saturated rings. The van der Waals surface area contributed by atoms with E-state index in [-0.39, 0.29) is 25.8 Å². The zero-order valence-corrected chi connectivity index (χ0v) is 6.89. The van der Waals surface area contributed by atoms with Crippen LogP contribution in [-0.2, 0) is 22.7 Å². The van der Waals surface area contributed by atoms with E-state index < -0.39 is 0 Å². The summed E-state index contributed by atoms with van der Waals surface area (Å²) in [6.45, 7) is 0. The Morgan fingerprint density at radius 3 is 1.25 bits per heavy atom. The third-order valence-electron chi connectivity index (χ3n) is 0. The molecule has 0 saturated heterocycles. The average Bonchev–Trinajstić information content (AvgIpc) is 1.50. The van der Waals surface area contributed by atoms with Gasteiger partial charge in [0.1, 0.15) is 0 Å². The fraction of sp³-hybridized carbons (Fsp3) is 0. The SMILES string of the molecule is [O]=[Cr].[O]=[Pb]. The van der Waals surface area contributed by atoms with E-state index >= 15 is 0 Å². The first kappa shape index (κ1) is 8.91. The number of hydrogen-bond donors (Lipinski definition) is 0. The second-order valence-corrected chi connectivity index (χ2v) is 0. The fourth-order valence-corrected chi connectivity index (χ4v) is 0. The summed E-state index contributed by atoms with van der Waals surface area (Å²) >= 11 is 1.43. The number of hydrogen-bond acceptors (Lipinski definition) is 2. The normalized spacial score (nSPS) is 2.00. The van der Waals surface area contributed by atoms with Gasteiger partial charge in [-0.15, -0.1) is 0 Å². The standard InChI is InChI=1S/Cr.2O.Pb. The predicted octanol–water partition coefficient (Wildman–Crippen LogP) is -0.621. The van der Waals surface area contributed by atoms with Gasteiger partial charge in [0.2, 0.25) is 0 Å². The van der Waals surface area contributed by atoms with Crippen LogP contribution in [-0.4, -0.2) is 25.8 Å². The van der Waals surface area contributed by atoms with Crippen molar-refractivity contribution in [3.05, 3.63) is 0 Å². The van der Waals surface area contributed by atoms with Crippen LogP contribution in [0.25, 0.3) is 0 Å². The van der Waals surface area contributed by atoms with Crippen LogP contribution in [0.4, 0.5) is 0 Å². The zero-order chi connectivity index (χ0) is 4.00. The molecule has 0 heterocycles. The Kier molecular flexibility index (Phi) is 75.7. The molecule has 0 rings (SSSR count). The van der Waals surface area contributed by atoms with Crippen molar-refractivity contribution in [3.63, 3.8) is 0 Å². The van der Waals surface area contributed by atoms with Gasteiger partial charge in [-0.2, -0.15) is 0 Å². The van der Waals surface area contributed by atoms with Crippen LogP contribution >= 0.6 is 0 Å². The van der Waals surface area contributed by atoms with Gasteiger partial charge in [0, 0.05) is 0 Å². The van der Waals surface area contributed by atoms with Crippen LogP contribution in [0.1, 0.15) is 0 Å². The molecule has 2 nitrogen and oxygen atoms in total. The van der Waals surface area contributed by atoms with Gasteiger partial charge >= 0.3 is 48.5 Å². The zero-order valence-electron chi connectivity index (χ0n) is 1.72. The molecule has 0 spiro atoms. The summed E-state index contributed by atoms with van der Waals surface area (Å²) in [4.78, 5) is 0. The van der Waals surface area contributed by atoms with Gasteiger partial charge < -0.3 is 0 Å². The van der Waals surface area contributed by atoms with Crippen molar-refractivity contribution in [3.8, 4) is 0 Å². The fourth-order valence-electron chi connectivity index (χ4n) is 0. The molecule has 0 N–H and O–H groups in total. The van der Waals surface area contributed by atoms with E-state index in [2.05, 4.69) is 0 Å². The van der Waals surface area contributed by atoms with Crippen molar-refractivity contribution in [2.75, 3.05) is 0 Å². The topological polar surface area (TPSA) is 34.1 Å². The molecule has 2 radical (unpaired) electrons. The summed E-state index contributed by atoms with van der Waals surface area (Å²) in [5.74, 6) is 0. The molecule has 0 aromatic rings. The molecule has 0 bridgehead atoms. The Bertz CT molecular complexity index is 8.00. The van der Waals surface area contributed by atoms with E-state index in [1.807, 2.05) is 0 Å². The molecule has 0 amide bonds. The van der Waals surface area contributed by atoms with E-state index in [0.29, 0.717) is 0 Å². The second kappa shape index (κ2) is 34.0. The molecule has 0 atom stereocenters. The molecule has 0 aliphatic rings. The second-order valence-electron chi connectivity index (χ2n) is 0. The molecule has 4 heteroatoms. The summed E-state index contributed by atoms with van der Waals surface area (Å²) in [7, 11) is 0. The van der Waals surface area contributed by atoms with Gasteiger partial charge in [0.25, 0.3) is 0 Å². The van der Waals surface area contributed by atoms with Crippen LogP contribution in [0.15, 0.2) is 0 Å². The van der Waals surface area contributed by atoms with Crippen LogP contribution in [0.5, 0.6) is 0 Å². The molecule has 0 aromatic heterocycles. The van der Waals surface area contributed by atoms with E-state index in [9.17, 15) is 0 Å². The quantitative estimate of drug-likeness (QED) is 0.558.